The van der Waals surface area contributed by atoms with Gasteiger partial charge in [-0.2, -0.15) is 8.78 Å². The quantitative estimate of drug-likeness (QED) is 0.867. The summed E-state index contributed by atoms with van der Waals surface area (Å²) in [5, 5.41) is 3.27. The topological polar surface area (TPSA) is 41.0 Å². The van der Waals surface area contributed by atoms with Gasteiger partial charge in [0.05, 0.1) is 0 Å². The fourth-order valence-corrected chi connectivity index (χ4v) is 2.19. The van der Waals surface area contributed by atoms with E-state index in [4.69, 9.17) is 0 Å². The van der Waals surface area contributed by atoms with Crippen molar-refractivity contribution < 1.29 is 8.78 Å². The summed E-state index contributed by atoms with van der Waals surface area (Å²) in [5.41, 5.74) is 0. The van der Waals surface area contributed by atoms with Gasteiger partial charge in [-0.15, -0.1) is 0 Å². The summed E-state index contributed by atoms with van der Waals surface area (Å²) in [7, 11) is 0. The van der Waals surface area contributed by atoms with Crippen LogP contribution in [0.15, 0.2) is 17.3 Å². The van der Waals surface area contributed by atoms with Crippen LogP contribution in [0.25, 0.3) is 0 Å². The van der Waals surface area contributed by atoms with Gasteiger partial charge in [-0.25, -0.2) is 9.97 Å². The Morgan fingerprint density at radius 3 is 2.53 bits per heavy atom. The zero-order valence-electron chi connectivity index (χ0n) is 11.4. The van der Waals surface area contributed by atoms with Gasteiger partial charge in [0.2, 0.25) is 5.95 Å². The number of hydrogen-bond donors (Lipinski definition) is 1. The van der Waals surface area contributed by atoms with Gasteiger partial charge >= 0.3 is 0 Å². The van der Waals surface area contributed by atoms with E-state index in [9.17, 15) is 8.78 Å². The summed E-state index contributed by atoms with van der Waals surface area (Å²) in [6, 6.07) is 0.317. The van der Waals surface area contributed by atoms with Crippen LogP contribution in [-0.2, 0) is 0 Å². The molecule has 2 rings (SSSR count). The molecule has 1 atom stereocenters. The Kier molecular flexibility index (Phi) is 7.01. The molecule has 1 aliphatic rings. The van der Waals surface area contributed by atoms with E-state index in [-0.39, 0.29) is 0 Å². The molecule has 0 bridgehead atoms. The highest BCUT2D eigenvalue weighted by atomic mass is 32.2. The molecule has 1 unspecified atom stereocenters. The van der Waals surface area contributed by atoms with Gasteiger partial charge in [-0.1, -0.05) is 25.6 Å². The first kappa shape index (κ1) is 16.1. The Labute approximate surface area is 117 Å². The average Bonchev–Trinajstić information content (AvgIpc) is 2.42. The largest absolute Gasteiger partial charge is 0.336 e. The van der Waals surface area contributed by atoms with Crippen molar-refractivity contribution in [2.45, 2.75) is 37.5 Å². The molecule has 1 aromatic heterocycles. The van der Waals surface area contributed by atoms with Crippen molar-refractivity contribution in [1.29, 1.82) is 0 Å². The highest BCUT2D eigenvalue weighted by molar-refractivity contribution is 7.99. The predicted molar refractivity (Wildman–Crippen MR) is 74.9 cm³/mol. The molecule has 1 aliphatic heterocycles. The number of halogens is 2. The van der Waals surface area contributed by atoms with Gasteiger partial charge in [0, 0.05) is 43.0 Å². The minimum absolute atomic E-state index is 0.317. The molecule has 0 amide bonds. The van der Waals surface area contributed by atoms with Crippen molar-refractivity contribution in [3.05, 3.63) is 12.4 Å². The molecule has 1 fully saturated rings. The van der Waals surface area contributed by atoms with E-state index >= 15 is 0 Å². The molecule has 0 aromatic carbocycles. The number of nitrogens with one attached hydrogen (secondary N) is 1. The van der Waals surface area contributed by atoms with Crippen molar-refractivity contribution in [1.82, 2.24) is 15.3 Å². The average molecular weight is 290 g/mol. The number of alkyl halides is 2. The van der Waals surface area contributed by atoms with Gasteiger partial charge in [0.25, 0.3) is 5.76 Å². The van der Waals surface area contributed by atoms with E-state index in [0.29, 0.717) is 28.6 Å². The maximum Gasteiger partial charge on any atom is 0.289 e. The molecular formula is C12H20F2N4S. The van der Waals surface area contributed by atoms with Gasteiger partial charge in [-0.3, -0.25) is 0 Å². The van der Waals surface area contributed by atoms with E-state index in [1.807, 2.05) is 13.8 Å². The van der Waals surface area contributed by atoms with Crippen molar-refractivity contribution in [3.8, 4) is 0 Å². The fourth-order valence-electron chi connectivity index (χ4n) is 1.76. The second kappa shape index (κ2) is 8.27. The van der Waals surface area contributed by atoms with Crippen LogP contribution in [0.5, 0.6) is 0 Å². The van der Waals surface area contributed by atoms with Crippen LogP contribution in [0.1, 0.15) is 20.8 Å². The lowest BCUT2D eigenvalue weighted by Gasteiger charge is -2.33. The monoisotopic (exact) mass is 290 g/mol. The van der Waals surface area contributed by atoms with Crippen molar-refractivity contribution in [3.63, 3.8) is 0 Å². The second-order valence-electron chi connectivity index (χ2n) is 3.84. The highest BCUT2D eigenvalue weighted by Crippen LogP contribution is 2.24. The fraction of sp³-hybridized carbons (Fsp3) is 0.667. The SMILES string of the molecule is CC.CC1CNCCN1c1ncc(SC(F)F)cn1. The van der Waals surface area contributed by atoms with Crippen molar-refractivity contribution >= 4 is 17.7 Å². The molecule has 0 radical (unpaired) electrons. The third-order valence-corrected chi connectivity index (χ3v) is 3.26. The summed E-state index contributed by atoms with van der Waals surface area (Å²) in [4.78, 5) is 10.7. The van der Waals surface area contributed by atoms with Gasteiger partial charge in [-0.05, 0) is 6.92 Å². The van der Waals surface area contributed by atoms with Crippen LogP contribution in [0.2, 0.25) is 0 Å². The molecule has 0 saturated carbocycles. The van der Waals surface area contributed by atoms with Gasteiger partial charge < -0.3 is 10.2 Å². The first-order valence-corrected chi connectivity index (χ1v) is 7.29. The lowest BCUT2D eigenvalue weighted by molar-refractivity contribution is 0.252. The van der Waals surface area contributed by atoms with Crippen LogP contribution in [-0.4, -0.2) is 41.4 Å². The first-order chi connectivity index (χ1) is 9.16. The minimum Gasteiger partial charge on any atom is -0.336 e. The zero-order chi connectivity index (χ0) is 14.3. The Morgan fingerprint density at radius 1 is 1.37 bits per heavy atom. The standard InChI is InChI=1S/C10H14F2N4S.C2H6/c1-7-4-13-2-3-16(7)10-14-5-8(6-15-10)17-9(11)12;1-2/h5-7,9,13H,2-4H2,1H3;1-2H3. The number of piperazine rings is 1. The maximum atomic E-state index is 12.1. The Morgan fingerprint density at radius 2 is 2.00 bits per heavy atom. The molecule has 7 heteroatoms. The predicted octanol–water partition coefficient (Wildman–Crippen LogP) is 2.62. The molecule has 4 nitrogen and oxygen atoms in total. The molecule has 1 aromatic rings. The molecule has 108 valence electrons. The van der Waals surface area contributed by atoms with Gasteiger partial charge in [0.15, 0.2) is 0 Å². The summed E-state index contributed by atoms with van der Waals surface area (Å²) in [5.74, 6) is -1.82. The lowest BCUT2D eigenvalue weighted by Crippen LogP contribution is -2.50. The normalized spacial score (nSPS) is 19.1. The number of aromatic nitrogens is 2. The van der Waals surface area contributed by atoms with Crippen molar-refractivity contribution in [2.75, 3.05) is 24.5 Å². The summed E-state index contributed by atoms with van der Waals surface area (Å²) in [6.45, 7) is 8.69. The number of anilines is 1. The van der Waals surface area contributed by atoms with Gasteiger partial charge in [0.1, 0.15) is 0 Å². The molecule has 1 N–H and O–H groups in total. The van der Waals surface area contributed by atoms with Crippen LogP contribution < -0.4 is 10.2 Å². The molecule has 2 heterocycles. The second-order valence-corrected chi connectivity index (χ2v) is 4.91. The van der Waals surface area contributed by atoms with E-state index in [2.05, 4.69) is 27.1 Å². The molecule has 0 spiro atoms. The molecule has 19 heavy (non-hydrogen) atoms. The smallest absolute Gasteiger partial charge is 0.289 e. The van der Waals surface area contributed by atoms with E-state index in [1.54, 1.807) is 0 Å². The highest BCUT2D eigenvalue weighted by Gasteiger charge is 2.20. The number of hydrogen-bond acceptors (Lipinski definition) is 5. The molecule has 1 saturated heterocycles. The first-order valence-electron chi connectivity index (χ1n) is 6.41. The Balaban J connectivity index is 0.000000861. The minimum atomic E-state index is -2.43. The third kappa shape index (κ3) is 4.91. The lowest BCUT2D eigenvalue weighted by atomic mass is 10.2. The number of thioether (sulfide) groups is 1. The Hall–Kier alpha value is -0.950. The summed E-state index contributed by atoms with van der Waals surface area (Å²) >= 11 is 0.465. The Bertz CT molecular complexity index is 361. The van der Waals surface area contributed by atoms with Crippen LogP contribution in [0.4, 0.5) is 14.7 Å². The number of rotatable bonds is 3. The summed E-state index contributed by atoms with van der Waals surface area (Å²) in [6.07, 6.45) is 2.90. The maximum absolute atomic E-state index is 12.1. The summed E-state index contributed by atoms with van der Waals surface area (Å²) < 4.78 is 24.3. The van der Waals surface area contributed by atoms with Crippen LogP contribution >= 0.6 is 11.8 Å². The third-order valence-electron chi connectivity index (χ3n) is 2.60. The van der Waals surface area contributed by atoms with E-state index < -0.39 is 5.76 Å². The van der Waals surface area contributed by atoms with Crippen LogP contribution in [0.3, 0.4) is 0 Å². The van der Waals surface area contributed by atoms with Crippen molar-refractivity contribution in [2.24, 2.45) is 0 Å². The van der Waals surface area contributed by atoms with E-state index in [1.165, 1.54) is 12.4 Å². The molecular weight excluding hydrogens is 270 g/mol. The zero-order valence-corrected chi connectivity index (χ0v) is 12.3. The van der Waals surface area contributed by atoms with E-state index in [0.717, 1.165) is 19.6 Å². The van der Waals surface area contributed by atoms with Crippen LogP contribution in [0, 0.1) is 0 Å². The number of nitrogens with zero attached hydrogens (tertiary/aromatic N) is 3. The molecule has 0 aliphatic carbocycles.